The van der Waals surface area contributed by atoms with E-state index in [4.69, 9.17) is 0 Å². The van der Waals surface area contributed by atoms with Gasteiger partial charge in [0.15, 0.2) is 0 Å². The number of hydrogen-bond acceptors (Lipinski definition) is 3. The van der Waals surface area contributed by atoms with Crippen molar-refractivity contribution in [1.82, 2.24) is 9.88 Å². The molecule has 0 fully saturated rings. The van der Waals surface area contributed by atoms with E-state index >= 15 is 0 Å². The molecule has 5 heteroatoms. The van der Waals surface area contributed by atoms with Gasteiger partial charge in [0, 0.05) is 28.9 Å². The quantitative estimate of drug-likeness (QED) is 0.748. The minimum Gasteiger partial charge on any atom is -0.348 e. The average molecular weight is 369 g/mol. The number of aromatic nitrogens is 1. The Morgan fingerprint density at radius 2 is 1.81 bits per heavy atom. The van der Waals surface area contributed by atoms with Crippen LogP contribution in [0.4, 0.5) is 0 Å². The van der Waals surface area contributed by atoms with Crippen LogP contribution in [-0.2, 0) is 13.1 Å². The van der Waals surface area contributed by atoms with Crippen LogP contribution in [0.1, 0.15) is 44.4 Å². The second-order valence-electron chi connectivity index (χ2n) is 6.74. The predicted molar refractivity (Wildman–Crippen MR) is 108 cm³/mol. The van der Waals surface area contributed by atoms with Gasteiger partial charge < -0.3 is 9.88 Å². The number of benzene rings is 1. The summed E-state index contributed by atoms with van der Waals surface area (Å²) in [5, 5.41) is 3.55. The van der Waals surface area contributed by atoms with Gasteiger partial charge in [-0.25, -0.2) is 0 Å². The highest BCUT2D eigenvalue weighted by atomic mass is 32.1. The number of carbonyl (C=O) groups is 1. The summed E-state index contributed by atoms with van der Waals surface area (Å²) < 4.78 is 2.50. The lowest BCUT2D eigenvalue weighted by Crippen LogP contribution is -2.26. The summed E-state index contributed by atoms with van der Waals surface area (Å²) in [7, 11) is 0. The van der Waals surface area contributed by atoms with Gasteiger partial charge in [-0.1, -0.05) is 17.7 Å². The smallest absolute Gasteiger partial charge is 0.260 e. The first-order chi connectivity index (χ1) is 12.3. The highest BCUT2D eigenvalue weighted by Gasteiger charge is 2.20. The number of thiophene rings is 1. The van der Waals surface area contributed by atoms with Crippen molar-refractivity contribution in [2.75, 3.05) is 0 Å². The second-order valence-corrected chi connectivity index (χ2v) is 8.00. The Morgan fingerprint density at radius 1 is 1.15 bits per heavy atom. The van der Waals surface area contributed by atoms with E-state index in [2.05, 4.69) is 38.2 Å². The van der Waals surface area contributed by atoms with Crippen LogP contribution in [0.25, 0.3) is 10.1 Å². The van der Waals surface area contributed by atoms with Crippen molar-refractivity contribution in [1.29, 1.82) is 0 Å². The van der Waals surface area contributed by atoms with Crippen molar-refractivity contribution in [3.63, 3.8) is 0 Å². The van der Waals surface area contributed by atoms with E-state index in [0.29, 0.717) is 24.0 Å². The molecule has 136 valence electrons. The summed E-state index contributed by atoms with van der Waals surface area (Å²) in [5.41, 5.74) is 5.11. The van der Waals surface area contributed by atoms with E-state index in [-0.39, 0.29) is 11.5 Å². The molecule has 0 aliphatic carbocycles. The van der Waals surface area contributed by atoms with E-state index in [1.165, 1.54) is 28.0 Å². The Labute approximate surface area is 157 Å². The van der Waals surface area contributed by atoms with Gasteiger partial charge in [-0.05, 0) is 57.4 Å². The monoisotopic (exact) mass is 368 g/mol. The van der Waals surface area contributed by atoms with Crippen molar-refractivity contribution in [2.24, 2.45) is 0 Å². The lowest BCUT2D eigenvalue weighted by atomic mass is 9.99. The zero-order chi connectivity index (χ0) is 19.0. The first-order valence-electron chi connectivity index (χ1n) is 8.81. The maximum absolute atomic E-state index is 12.9. The van der Waals surface area contributed by atoms with Crippen LogP contribution in [0, 0.1) is 27.7 Å². The molecule has 0 saturated heterocycles. The third-order valence-corrected chi connectivity index (χ3v) is 5.90. The van der Waals surface area contributed by atoms with Crippen molar-refractivity contribution < 1.29 is 4.79 Å². The molecule has 1 N–H and O–H groups in total. The first kappa shape index (κ1) is 18.4. The molecule has 26 heavy (non-hydrogen) atoms. The number of pyridine rings is 1. The summed E-state index contributed by atoms with van der Waals surface area (Å²) in [4.78, 5) is 26.5. The first-order valence-corrected chi connectivity index (χ1v) is 9.62. The third kappa shape index (κ3) is 3.19. The fourth-order valence-corrected chi connectivity index (χ4v) is 4.58. The minimum absolute atomic E-state index is 0.0952. The Bertz CT molecular complexity index is 1040. The number of hydrogen-bond donors (Lipinski definition) is 1. The molecule has 0 aliphatic heterocycles. The van der Waals surface area contributed by atoms with E-state index in [1.54, 1.807) is 10.8 Å². The number of fused-ring (bicyclic) bond motifs is 1. The molecule has 3 aromatic rings. The summed E-state index contributed by atoms with van der Waals surface area (Å²) in [6, 6.07) is 6.17. The van der Waals surface area contributed by atoms with E-state index in [9.17, 15) is 9.59 Å². The van der Waals surface area contributed by atoms with Crippen molar-refractivity contribution in [3.05, 3.63) is 67.4 Å². The van der Waals surface area contributed by atoms with Crippen molar-refractivity contribution in [3.8, 4) is 0 Å². The molecule has 0 saturated carbocycles. The second kappa shape index (κ2) is 7.08. The van der Waals surface area contributed by atoms with Crippen LogP contribution < -0.4 is 10.9 Å². The number of amides is 1. The van der Waals surface area contributed by atoms with Gasteiger partial charge in [0.05, 0.1) is 10.9 Å². The fraction of sp³-hybridized carbons (Fsp3) is 0.333. The molecule has 0 spiro atoms. The van der Waals surface area contributed by atoms with Gasteiger partial charge in [-0.15, -0.1) is 11.3 Å². The zero-order valence-electron chi connectivity index (χ0n) is 15.9. The SMILES string of the molecule is CCn1ccc2sc(C)c(C(=O)NCc3c(C)cc(C)cc3C)c2c1=O. The van der Waals surface area contributed by atoms with E-state index in [1.807, 2.05) is 19.9 Å². The van der Waals surface area contributed by atoms with Gasteiger partial charge in [0.25, 0.3) is 11.5 Å². The molecule has 0 bridgehead atoms. The number of aryl methyl sites for hydroxylation is 5. The summed E-state index contributed by atoms with van der Waals surface area (Å²) >= 11 is 1.50. The number of nitrogens with one attached hydrogen (secondary N) is 1. The Hall–Kier alpha value is -2.40. The molecule has 0 aliphatic rings. The van der Waals surface area contributed by atoms with Crippen LogP contribution in [0.15, 0.2) is 29.2 Å². The van der Waals surface area contributed by atoms with Crippen LogP contribution in [0.2, 0.25) is 0 Å². The molecular weight excluding hydrogens is 344 g/mol. The normalized spacial score (nSPS) is 11.1. The maximum atomic E-state index is 12.9. The Balaban J connectivity index is 1.96. The number of rotatable bonds is 4. The van der Waals surface area contributed by atoms with Gasteiger partial charge in [-0.3, -0.25) is 9.59 Å². The summed E-state index contributed by atoms with van der Waals surface area (Å²) in [6.07, 6.45) is 1.79. The molecule has 4 nitrogen and oxygen atoms in total. The van der Waals surface area contributed by atoms with E-state index in [0.717, 1.165) is 15.1 Å². The third-order valence-electron chi connectivity index (χ3n) is 4.83. The largest absolute Gasteiger partial charge is 0.348 e. The van der Waals surface area contributed by atoms with Crippen LogP contribution in [0.3, 0.4) is 0 Å². The molecule has 0 unspecified atom stereocenters. The van der Waals surface area contributed by atoms with Crippen molar-refractivity contribution >= 4 is 27.3 Å². The predicted octanol–water partition coefficient (Wildman–Crippen LogP) is 4.25. The Kier molecular flexibility index (Phi) is 5.01. The van der Waals surface area contributed by atoms with Gasteiger partial charge >= 0.3 is 0 Å². The molecule has 2 heterocycles. The van der Waals surface area contributed by atoms with Gasteiger partial charge in [-0.2, -0.15) is 0 Å². The van der Waals surface area contributed by atoms with Crippen molar-refractivity contribution in [2.45, 2.75) is 47.7 Å². The molecule has 2 aromatic heterocycles. The standard InChI is InChI=1S/C21H24N2O2S/c1-6-23-8-7-17-19(21(23)25)18(15(5)26-17)20(24)22-11-16-13(3)9-12(2)10-14(16)4/h7-10H,6,11H2,1-5H3,(H,22,24). The highest BCUT2D eigenvalue weighted by molar-refractivity contribution is 7.19. The molecule has 3 rings (SSSR count). The summed E-state index contributed by atoms with van der Waals surface area (Å²) in [5.74, 6) is -0.181. The fourth-order valence-electron chi connectivity index (χ4n) is 3.53. The molecule has 0 radical (unpaired) electrons. The topological polar surface area (TPSA) is 51.1 Å². The maximum Gasteiger partial charge on any atom is 0.260 e. The number of nitrogens with zero attached hydrogens (tertiary/aromatic N) is 1. The lowest BCUT2D eigenvalue weighted by Gasteiger charge is -2.12. The van der Waals surface area contributed by atoms with E-state index < -0.39 is 0 Å². The van der Waals surface area contributed by atoms with Crippen LogP contribution >= 0.6 is 11.3 Å². The Morgan fingerprint density at radius 3 is 2.42 bits per heavy atom. The molecule has 1 amide bonds. The molecular formula is C21H24N2O2S. The average Bonchev–Trinajstić information content (AvgIpc) is 2.91. The molecule has 0 atom stereocenters. The van der Waals surface area contributed by atoms with Crippen LogP contribution in [-0.4, -0.2) is 10.5 Å². The summed E-state index contributed by atoms with van der Waals surface area (Å²) in [6.45, 7) is 11.1. The zero-order valence-corrected chi connectivity index (χ0v) is 16.7. The van der Waals surface area contributed by atoms with Crippen LogP contribution in [0.5, 0.6) is 0 Å². The lowest BCUT2D eigenvalue weighted by molar-refractivity contribution is 0.0952. The molecule has 1 aromatic carbocycles. The van der Waals surface area contributed by atoms with Gasteiger partial charge in [0.2, 0.25) is 0 Å². The highest BCUT2D eigenvalue weighted by Crippen LogP contribution is 2.28. The number of carbonyl (C=O) groups excluding carboxylic acids is 1. The minimum atomic E-state index is -0.181. The van der Waals surface area contributed by atoms with Gasteiger partial charge in [0.1, 0.15) is 0 Å².